The lowest BCUT2D eigenvalue weighted by Gasteiger charge is -2.15. The van der Waals surface area contributed by atoms with Crippen molar-refractivity contribution < 1.29 is 13.6 Å². The molecular weight excluding hydrogens is 214 g/mol. The van der Waals surface area contributed by atoms with Crippen molar-refractivity contribution in [3.05, 3.63) is 35.4 Å². The van der Waals surface area contributed by atoms with Gasteiger partial charge in [-0.2, -0.15) is 0 Å². The molecule has 1 aromatic carbocycles. The lowest BCUT2D eigenvalue weighted by molar-refractivity contribution is -0.129. The number of nitrogens with two attached hydrogens (primary N) is 1. The zero-order valence-corrected chi connectivity index (χ0v) is 9.04. The van der Waals surface area contributed by atoms with E-state index in [0.29, 0.717) is 18.7 Å². The minimum Gasteiger partial charge on any atom is -0.344 e. The number of halogens is 2. The number of nitrogens with zero attached hydrogens (tertiary/aromatic N) is 1. The third kappa shape index (κ3) is 3.27. The van der Waals surface area contributed by atoms with E-state index in [0.717, 1.165) is 12.1 Å². The highest BCUT2D eigenvalue weighted by molar-refractivity contribution is 5.78. The molecule has 0 spiro atoms. The van der Waals surface area contributed by atoms with Crippen LogP contribution >= 0.6 is 0 Å². The van der Waals surface area contributed by atoms with Crippen LogP contribution in [0.4, 0.5) is 8.78 Å². The molecule has 0 bridgehead atoms. The van der Waals surface area contributed by atoms with Gasteiger partial charge in [-0.3, -0.25) is 4.79 Å². The molecule has 1 aromatic rings. The van der Waals surface area contributed by atoms with Gasteiger partial charge < -0.3 is 10.6 Å². The second-order valence-corrected chi connectivity index (χ2v) is 3.53. The lowest BCUT2D eigenvalue weighted by atomic mass is 10.1. The van der Waals surface area contributed by atoms with Crippen molar-refractivity contribution in [1.29, 1.82) is 0 Å². The average molecular weight is 228 g/mol. The van der Waals surface area contributed by atoms with Gasteiger partial charge in [-0.1, -0.05) is 6.07 Å². The number of rotatable bonds is 4. The first-order valence-electron chi connectivity index (χ1n) is 4.92. The van der Waals surface area contributed by atoms with Crippen LogP contribution in [0.3, 0.4) is 0 Å². The Hall–Kier alpha value is -1.49. The van der Waals surface area contributed by atoms with Crippen LogP contribution in [0.15, 0.2) is 18.2 Å². The molecule has 0 aliphatic heterocycles. The van der Waals surface area contributed by atoms with E-state index in [1.807, 2.05) is 0 Å². The van der Waals surface area contributed by atoms with Gasteiger partial charge in [0, 0.05) is 20.1 Å². The highest BCUT2D eigenvalue weighted by atomic mass is 19.2. The molecule has 5 heteroatoms. The zero-order valence-electron chi connectivity index (χ0n) is 9.04. The smallest absolute Gasteiger partial charge is 0.226 e. The molecule has 0 unspecified atom stereocenters. The summed E-state index contributed by atoms with van der Waals surface area (Å²) in [6.45, 7) is 0.822. The summed E-state index contributed by atoms with van der Waals surface area (Å²) in [5, 5.41) is 0. The van der Waals surface area contributed by atoms with Crippen LogP contribution in [0.5, 0.6) is 0 Å². The Morgan fingerprint density at radius 3 is 2.62 bits per heavy atom. The third-order valence-corrected chi connectivity index (χ3v) is 2.23. The van der Waals surface area contributed by atoms with Gasteiger partial charge in [-0.15, -0.1) is 0 Å². The van der Waals surface area contributed by atoms with Crippen LogP contribution in [-0.2, 0) is 11.2 Å². The van der Waals surface area contributed by atoms with E-state index in [4.69, 9.17) is 5.73 Å². The quantitative estimate of drug-likeness (QED) is 0.833. The van der Waals surface area contributed by atoms with Gasteiger partial charge in [0.15, 0.2) is 11.6 Å². The highest BCUT2D eigenvalue weighted by Crippen LogP contribution is 2.09. The van der Waals surface area contributed by atoms with Crippen molar-refractivity contribution in [3.63, 3.8) is 0 Å². The van der Waals surface area contributed by atoms with Gasteiger partial charge in [0.25, 0.3) is 0 Å². The summed E-state index contributed by atoms with van der Waals surface area (Å²) < 4.78 is 25.5. The standard InChI is InChI=1S/C11H14F2N2O/c1-15(5-4-14)11(16)7-8-2-3-9(12)10(13)6-8/h2-3,6H,4-5,7,14H2,1H3. The van der Waals surface area contributed by atoms with Crippen LogP contribution in [-0.4, -0.2) is 30.9 Å². The molecule has 0 saturated heterocycles. The molecule has 1 rings (SSSR count). The molecule has 0 heterocycles. The number of likely N-dealkylation sites (N-methyl/N-ethyl adjacent to an activating group) is 1. The fraction of sp³-hybridized carbons (Fsp3) is 0.364. The SMILES string of the molecule is CN(CCN)C(=O)Cc1ccc(F)c(F)c1. The first kappa shape index (κ1) is 12.6. The van der Waals surface area contributed by atoms with Gasteiger partial charge in [0.05, 0.1) is 6.42 Å². The van der Waals surface area contributed by atoms with Gasteiger partial charge in [-0.05, 0) is 17.7 Å². The van der Waals surface area contributed by atoms with Crippen molar-refractivity contribution >= 4 is 5.91 Å². The van der Waals surface area contributed by atoms with E-state index in [-0.39, 0.29) is 12.3 Å². The molecule has 2 N–H and O–H groups in total. The van der Waals surface area contributed by atoms with Gasteiger partial charge >= 0.3 is 0 Å². The van der Waals surface area contributed by atoms with Crippen molar-refractivity contribution in [2.45, 2.75) is 6.42 Å². The maximum Gasteiger partial charge on any atom is 0.226 e. The maximum absolute atomic E-state index is 12.9. The minimum atomic E-state index is -0.938. The summed E-state index contributed by atoms with van der Waals surface area (Å²) in [6.07, 6.45) is 0.0493. The van der Waals surface area contributed by atoms with Crippen LogP contribution < -0.4 is 5.73 Å². The molecule has 1 amide bonds. The molecule has 0 saturated carbocycles. The van der Waals surface area contributed by atoms with Gasteiger partial charge in [0.2, 0.25) is 5.91 Å². The van der Waals surface area contributed by atoms with E-state index in [2.05, 4.69) is 0 Å². The summed E-state index contributed by atoms with van der Waals surface area (Å²) in [7, 11) is 1.62. The number of hydrogen-bond acceptors (Lipinski definition) is 2. The van der Waals surface area contributed by atoms with Crippen molar-refractivity contribution in [1.82, 2.24) is 4.90 Å². The van der Waals surface area contributed by atoms with Crippen molar-refractivity contribution in [2.75, 3.05) is 20.1 Å². The fourth-order valence-electron chi connectivity index (χ4n) is 1.28. The largest absolute Gasteiger partial charge is 0.344 e. The Morgan fingerprint density at radius 1 is 1.38 bits per heavy atom. The van der Waals surface area contributed by atoms with E-state index >= 15 is 0 Å². The Labute approximate surface area is 92.8 Å². The third-order valence-electron chi connectivity index (χ3n) is 2.23. The zero-order chi connectivity index (χ0) is 12.1. The molecular formula is C11H14F2N2O. The van der Waals surface area contributed by atoms with Crippen LogP contribution in [0.1, 0.15) is 5.56 Å². The average Bonchev–Trinajstić information content (AvgIpc) is 2.24. The second-order valence-electron chi connectivity index (χ2n) is 3.53. The summed E-state index contributed by atoms with van der Waals surface area (Å²) in [4.78, 5) is 13.0. The predicted molar refractivity (Wildman–Crippen MR) is 56.8 cm³/mol. The maximum atomic E-state index is 12.9. The Kier molecular flexibility index (Phi) is 4.37. The number of hydrogen-bond donors (Lipinski definition) is 1. The van der Waals surface area contributed by atoms with Gasteiger partial charge in [-0.25, -0.2) is 8.78 Å². The molecule has 88 valence electrons. The highest BCUT2D eigenvalue weighted by Gasteiger charge is 2.10. The molecule has 0 radical (unpaired) electrons. The summed E-state index contributed by atoms with van der Waals surface area (Å²) >= 11 is 0. The first-order valence-corrected chi connectivity index (χ1v) is 4.92. The lowest BCUT2D eigenvalue weighted by Crippen LogP contribution is -2.32. The Morgan fingerprint density at radius 2 is 2.06 bits per heavy atom. The van der Waals surface area contributed by atoms with Crippen LogP contribution in [0.25, 0.3) is 0 Å². The Balaban J connectivity index is 2.66. The second kappa shape index (κ2) is 5.55. The number of benzene rings is 1. The van der Waals surface area contributed by atoms with Crippen LogP contribution in [0.2, 0.25) is 0 Å². The molecule has 0 aliphatic rings. The molecule has 16 heavy (non-hydrogen) atoms. The van der Waals surface area contributed by atoms with Crippen LogP contribution in [0, 0.1) is 11.6 Å². The fourth-order valence-corrected chi connectivity index (χ4v) is 1.28. The minimum absolute atomic E-state index is 0.0493. The van der Waals surface area contributed by atoms with Crippen molar-refractivity contribution in [3.8, 4) is 0 Å². The monoisotopic (exact) mass is 228 g/mol. The number of carbonyl (C=O) groups excluding carboxylic acids is 1. The molecule has 0 atom stereocenters. The number of amides is 1. The number of carbonyl (C=O) groups is 1. The molecule has 0 fully saturated rings. The van der Waals surface area contributed by atoms with E-state index in [1.54, 1.807) is 7.05 Å². The van der Waals surface area contributed by atoms with E-state index in [9.17, 15) is 13.6 Å². The normalized spacial score (nSPS) is 10.2. The van der Waals surface area contributed by atoms with E-state index < -0.39 is 11.6 Å². The predicted octanol–water partition coefficient (Wildman–Crippen LogP) is 0.924. The first-order chi connectivity index (χ1) is 7.54. The molecule has 0 aromatic heterocycles. The topological polar surface area (TPSA) is 46.3 Å². The summed E-state index contributed by atoms with van der Waals surface area (Å²) in [5.41, 5.74) is 5.75. The summed E-state index contributed by atoms with van der Waals surface area (Å²) in [5.74, 6) is -2.02. The summed E-state index contributed by atoms with van der Waals surface area (Å²) in [6, 6.07) is 3.44. The Bertz CT molecular complexity index is 382. The van der Waals surface area contributed by atoms with Gasteiger partial charge in [0.1, 0.15) is 0 Å². The molecule has 3 nitrogen and oxygen atoms in total. The van der Waals surface area contributed by atoms with E-state index in [1.165, 1.54) is 11.0 Å². The molecule has 0 aliphatic carbocycles. The van der Waals surface area contributed by atoms with Crippen molar-refractivity contribution in [2.24, 2.45) is 5.73 Å².